The molecule has 1 aliphatic carbocycles. The van der Waals surface area contributed by atoms with Crippen molar-refractivity contribution < 1.29 is 9.15 Å². The fourth-order valence-corrected chi connectivity index (χ4v) is 9.10. The molecule has 0 amide bonds. The molecule has 2 atom stereocenters. The summed E-state index contributed by atoms with van der Waals surface area (Å²) in [5, 5.41) is 6.69. The van der Waals surface area contributed by atoms with Crippen molar-refractivity contribution in [2.75, 3.05) is 0 Å². The van der Waals surface area contributed by atoms with Crippen LogP contribution in [0.5, 0.6) is 5.75 Å². The summed E-state index contributed by atoms with van der Waals surface area (Å²) in [5.74, 6) is 2.79. The highest BCUT2D eigenvalue weighted by molar-refractivity contribution is 6.12. The van der Waals surface area contributed by atoms with Crippen molar-refractivity contribution in [1.82, 2.24) is 15.0 Å². The van der Waals surface area contributed by atoms with Crippen molar-refractivity contribution >= 4 is 49.1 Å². The molecule has 3 heterocycles. The van der Waals surface area contributed by atoms with Gasteiger partial charge in [0.1, 0.15) is 23.0 Å². The summed E-state index contributed by atoms with van der Waals surface area (Å²) in [5.41, 5.74) is 10.4. The molecule has 10 aromatic rings. The second-order valence-electron chi connectivity index (χ2n) is 15.0. The second-order valence-corrected chi connectivity index (χ2v) is 15.0. The van der Waals surface area contributed by atoms with Crippen LogP contribution >= 0.6 is 0 Å². The number of furan rings is 1. The van der Waals surface area contributed by atoms with Crippen LogP contribution in [-0.2, 0) is 0 Å². The number of aromatic nitrogens is 3. The van der Waals surface area contributed by atoms with Crippen molar-refractivity contribution in [3.8, 4) is 51.0 Å². The summed E-state index contributed by atoms with van der Waals surface area (Å²) in [6.07, 6.45) is 6.48. The Bertz CT molecular complexity index is 3340. The predicted octanol–water partition coefficient (Wildman–Crippen LogP) is 13.2. The molecule has 5 nitrogen and oxygen atoms in total. The van der Waals surface area contributed by atoms with E-state index in [2.05, 4.69) is 127 Å². The lowest BCUT2D eigenvalue weighted by Crippen LogP contribution is -2.19. The Morgan fingerprint density at radius 3 is 1.98 bits per heavy atom. The van der Waals surface area contributed by atoms with Crippen LogP contribution in [0, 0.1) is 0 Å². The molecule has 0 radical (unpaired) electrons. The van der Waals surface area contributed by atoms with E-state index in [1.54, 1.807) is 0 Å². The third-order valence-corrected chi connectivity index (χ3v) is 11.7. The van der Waals surface area contributed by atoms with Gasteiger partial charge in [0, 0.05) is 33.0 Å². The molecule has 0 bridgehead atoms. The molecule has 2 aromatic heterocycles. The highest BCUT2D eigenvalue weighted by Crippen LogP contribution is 2.51. The van der Waals surface area contributed by atoms with Gasteiger partial charge in [0.15, 0.2) is 17.5 Å². The molecule has 2 aliphatic rings. The number of allylic oxidation sites excluding steroid dienone is 2. The third kappa shape index (κ3) is 5.14. The van der Waals surface area contributed by atoms with Gasteiger partial charge in [0.25, 0.3) is 0 Å². The molecule has 8 aromatic carbocycles. The third-order valence-electron chi connectivity index (χ3n) is 11.7. The fraction of sp³-hybridized carbons (Fsp3) is 0.0377. The Labute approximate surface area is 334 Å². The van der Waals surface area contributed by atoms with Crippen LogP contribution in [0.1, 0.15) is 17.0 Å². The zero-order valence-electron chi connectivity index (χ0n) is 31.2. The van der Waals surface area contributed by atoms with Crippen LogP contribution < -0.4 is 4.74 Å². The van der Waals surface area contributed by atoms with E-state index >= 15 is 0 Å². The molecule has 58 heavy (non-hydrogen) atoms. The summed E-state index contributed by atoms with van der Waals surface area (Å²) in [6.45, 7) is 0. The van der Waals surface area contributed by atoms with E-state index in [1.165, 1.54) is 33.0 Å². The van der Waals surface area contributed by atoms with Crippen molar-refractivity contribution in [2.45, 2.75) is 12.0 Å². The summed E-state index contributed by atoms with van der Waals surface area (Å²) in [7, 11) is 0. The first-order valence-electron chi connectivity index (χ1n) is 19.7. The minimum Gasteiger partial charge on any atom is -0.485 e. The Hall–Kier alpha value is -7.63. The van der Waals surface area contributed by atoms with Crippen LogP contribution in [-0.4, -0.2) is 21.1 Å². The van der Waals surface area contributed by atoms with Gasteiger partial charge in [-0.15, -0.1) is 0 Å². The van der Waals surface area contributed by atoms with Crippen molar-refractivity contribution in [3.63, 3.8) is 0 Å². The zero-order valence-corrected chi connectivity index (χ0v) is 31.2. The number of nitrogens with zero attached hydrogens (tertiary/aromatic N) is 3. The molecule has 0 saturated carbocycles. The van der Waals surface area contributed by atoms with Crippen LogP contribution in [0.3, 0.4) is 0 Å². The molecule has 2 unspecified atom stereocenters. The molecular formula is C53H33N3O2. The minimum atomic E-state index is -0.0996. The van der Waals surface area contributed by atoms with Gasteiger partial charge in [-0.25, -0.2) is 15.0 Å². The fourth-order valence-electron chi connectivity index (χ4n) is 9.10. The number of benzene rings is 8. The maximum atomic E-state index is 6.65. The lowest BCUT2D eigenvalue weighted by molar-refractivity contribution is 0.271. The maximum Gasteiger partial charge on any atom is 0.164 e. The van der Waals surface area contributed by atoms with E-state index < -0.39 is 0 Å². The zero-order chi connectivity index (χ0) is 38.2. The molecule has 12 rings (SSSR count). The van der Waals surface area contributed by atoms with Crippen molar-refractivity contribution in [3.05, 3.63) is 199 Å². The van der Waals surface area contributed by atoms with Crippen molar-refractivity contribution in [1.29, 1.82) is 0 Å². The van der Waals surface area contributed by atoms with Gasteiger partial charge in [0.2, 0.25) is 0 Å². The molecule has 0 fully saturated rings. The first kappa shape index (κ1) is 32.6. The topological polar surface area (TPSA) is 61.0 Å². The number of ether oxygens (including phenoxy) is 1. The first-order chi connectivity index (χ1) is 28.7. The molecule has 1 aliphatic heterocycles. The highest BCUT2D eigenvalue weighted by Gasteiger charge is 2.38. The van der Waals surface area contributed by atoms with E-state index in [0.717, 1.165) is 60.7 Å². The standard InChI is InChI=1S/C53H33N3O2/c1-2-14-33(15-3-1)51-54-52(56-53(55-51)43-23-12-26-48-50(43)42-20-8-9-24-45(42)57-48)41-29-28-39(37-18-6-7-19-38(37)41)40-22-11-25-47-49(40)44-31-34(27-30-46(44)58-47)36-21-10-16-32-13-4-5-17-35(32)36/h1-31,47,49H. The summed E-state index contributed by atoms with van der Waals surface area (Å²) < 4.78 is 12.9. The Morgan fingerprint density at radius 1 is 0.448 bits per heavy atom. The lowest BCUT2D eigenvalue weighted by atomic mass is 9.79. The van der Waals surface area contributed by atoms with Gasteiger partial charge in [-0.1, -0.05) is 152 Å². The first-order valence-corrected chi connectivity index (χ1v) is 19.7. The van der Waals surface area contributed by atoms with E-state index in [1.807, 2.05) is 60.7 Å². The van der Waals surface area contributed by atoms with Gasteiger partial charge >= 0.3 is 0 Å². The van der Waals surface area contributed by atoms with E-state index in [4.69, 9.17) is 24.1 Å². The summed E-state index contributed by atoms with van der Waals surface area (Å²) >= 11 is 0. The summed E-state index contributed by atoms with van der Waals surface area (Å²) in [6, 6.07) is 59.2. The highest BCUT2D eigenvalue weighted by atomic mass is 16.5. The van der Waals surface area contributed by atoms with E-state index in [9.17, 15) is 0 Å². The Morgan fingerprint density at radius 2 is 1.10 bits per heavy atom. The predicted molar refractivity (Wildman–Crippen MR) is 235 cm³/mol. The van der Waals surface area contributed by atoms with Gasteiger partial charge in [-0.2, -0.15) is 0 Å². The molecule has 0 N–H and O–H groups in total. The monoisotopic (exact) mass is 743 g/mol. The maximum absolute atomic E-state index is 6.65. The van der Waals surface area contributed by atoms with Gasteiger partial charge in [-0.05, 0) is 80.2 Å². The largest absolute Gasteiger partial charge is 0.485 e. The molecular weight excluding hydrogens is 711 g/mol. The second kappa shape index (κ2) is 13.0. The molecule has 0 spiro atoms. The number of rotatable bonds is 5. The average Bonchev–Trinajstić information content (AvgIpc) is 3.87. The molecule has 272 valence electrons. The van der Waals surface area contributed by atoms with Crippen LogP contribution in [0.4, 0.5) is 0 Å². The molecule has 5 heteroatoms. The number of hydrogen-bond donors (Lipinski definition) is 0. The van der Waals surface area contributed by atoms with Gasteiger partial charge in [-0.3, -0.25) is 0 Å². The lowest BCUT2D eigenvalue weighted by Gasteiger charge is -2.24. The average molecular weight is 744 g/mol. The van der Waals surface area contributed by atoms with E-state index in [-0.39, 0.29) is 12.0 Å². The molecule has 0 saturated heterocycles. The van der Waals surface area contributed by atoms with Gasteiger partial charge < -0.3 is 9.15 Å². The van der Waals surface area contributed by atoms with Crippen LogP contribution in [0.2, 0.25) is 0 Å². The number of hydrogen-bond acceptors (Lipinski definition) is 5. The van der Waals surface area contributed by atoms with Crippen LogP contribution in [0.25, 0.3) is 94.3 Å². The van der Waals surface area contributed by atoms with Gasteiger partial charge in [0.05, 0.1) is 5.92 Å². The Balaban J connectivity index is 1.01. The Kier molecular flexibility index (Phi) is 7.29. The quantitative estimate of drug-likeness (QED) is 0.176. The minimum absolute atomic E-state index is 0.0305. The smallest absolute Gasteiger partial charge is 0.164 e. The van der Waals surface area contributed by atoms with Crippen molar-refractivity contribution in [2.24, 2.45) is 0 Å². The summed E-state index contributed by atoms with van der Waals surface area (Å²) in [4.78, 5) is 15.6. The normalized spacial score (nSPS) is 15.8. The number of fused-ring (bicyclic) bond motifs is 8. The SMILES string of the molecule is C1=CC2Oc3ccc(-c4cccc5ccccc45)cc3C2C(c2ccc(-c3nc(-c4ccccc4)nc(-c4cccc5oc6ccccc6c45)n3)c3ccccc23)=C1. The van der Waals surface area contributed by atoms with E-state index in [0.29, 0.717) is 17.5 Å². The number of para-hydroxylation sites is 1. The van der Waals surface area contributed by atoms with Crippen LogP contribution in [0.15, 0.2) is 193 Å².